The number of carbonyl (C=O) groups excluding carboxylic acids is 2. The smallest absolute Gasteiger partial charge is 0.317 e. The molecule has 1 aromatic carbocycles. The Bertz CT molecular complexity index is 340. The third kappa shape index (κ3) is 6.41. The number of benzene rings is 1. The minimum atomic E-state index is -0.463. The van der Waals surface area contributed by atoms with Crippen LogP contribution in [-0.4, -0.2) is 11.9 Å². The molecule has 1 radical (unpaired) electrons. The number of esters is 2. The van der Waals surface area contributed by atoms with Gasteiger partial charge in [-0.2, -0.15) is 0 Å². The molecule has 1 aromatic rings. The van der Waals surface area contributed by atoms with Gasteiger partial charge in [0.25, 0.3) is 0 Å². The number of carbonyl (C=O) groups is 2. The second-order valence-electron chi connectivity index (χ2n) is 2.97. The van der Waals surface area contributed by atoms with Crippen molar-refractivity contribution in [3.63, 3.8) is 0 Å². The number of cyclic esters (lactones) is 2. The van der Waals surface area contributed by atoms with Crippen molar-refractivity contribution in [2.24, 2.45) is 0 Å². The van der Waals surface area contributed by atoms with Crippen LogP contribution in [0.25, 0.3) is 0 Å². The molecule has 0 amide bonds. The average molecular weight is 326 g/mol. The van der Waals surface area contributed by atoms with Crippen molar-refractivity contribution in [3.8, 4) is 0 Å². The Morgan fingerprint density at radius 2 is 1.28 bits per heavy atom. The Labute approximate surface area is 135 Å². The van der Waals surface area contributed by atoms with E-state index in [2.05, 4.69) is 4.74 Å². The van der Waals surface area contributed by atoms with Crippen LogP contribution in [0.15, 0.2) is 24.3 Å². The molecular formula is C14H21O3Y-. The summed E-state index contributed by atoms with van der Waals surface area (Å²) in [7, 11) is 0. The molecule has 18 heavy (non-hydrogen) atoms. The van der Waals surface area contributed by atoms with Gasteiger partial charge in [-0.15, -0.1) is 0 Å². The molecule has 4 heteroatoms. The van der Waals surface area contributed by atoms with Crippen molar-refractivity contribution in [1.29, 1.82) is 0 Å². The van der Waals surface area contributed by atoms with Gasteiger partial charge in [0, 0.05) is 32.7 Å². The SMILES string of the molecule is C.CC.O=C1Cc2ccccc2CC(=O)O1.[CH3-].[Y]. The van der Waals surface area contributed by atoms with E-state index in [1.165, 1.54) is 0 Å². The number of hydrogen-bond acceptors (Lipinski definition) is 3. The molecule has 0 fully saturated rings. The van der Waals surface area contributed by atoms with Gasteiger partial charge in [-0.3, -0.25) is 9.59 Å². The van der Waals surface area contributed by atoms with Crippen LogP contribution < -0.4 is 0 Å². The largest absolute Gasteiger partial charge is 0.393 e. The molecule has 1 heterocycles. The molecule has 0 spiro atoms. The summed E-state index contributed by atoms with van der Waals surface area (Å²) in [5.74, 6) is -0.926. The zero-order valence-corrected chi connectivity index (χ0v) is 13.4. The first-order chi connectivity index (χ1) is 7.25. The summed E-state index contributed by atoms with van der Waals surface area (Å²) in [6.45, 7) is 4.00. The van der Waals surface area contributed by atoms with Gasteiger partial charge >= 0.3 is 11.9 Å². The minimum Gasteiger partial charge on any atom is -0.393 e. The predicted molar refractivity (Wildman–Crippen MR) is 69.4 cm³/mol. The van der Waals surface area contributed by atoms with Crippen molar-refractivity contribution in [2.75, 3.05) is 0 Å². The van der Waals surface area contributed by atoms with Gasteiger partial charge in [0.05, 0.1) is 12.8 Å². The fourth-order valence-corrected chi connectivity index (χ4v) is 1.41. The van der Waals surface area contributed by atoms with Crippen LogP contribution in [0.3, 0.4) is 0 Å². The van der Waals surface area contributed by atoms with Crippen molar-refractivity contribution < 1.29 is 47.0 Å². The Balaban J connectivity index is -0.000000429. The third-order valence-corrected chi connectivity index (χ3v) is 2.02. The molecule has 2 rings (SSSR count). The van der Waals surface area contributed by atoms with Crippen LogP contribution in [0.2, 0.25) is 0 Å². The molecule has 99 valence electrons. The van der Waals surface area contributed by atoms with Gasteiger partial charge in [-0.25, -0.2) is 0 Å². The molecule has 0 saturated carbocycles. The maximum atomic E-state index is 11.0. The van der Waals surface area contributed by atoms with Gasteiger partial charge in [0.15, 0.2) is 0 Å². The fourth-order valence-electron chi connectivity index (χ4n) is 1.41. The summed E-state index contributed by atoms with van der Waals surface area (Å²) < 4.78 is 4.52. The van der Waals surface area contributed by atoms with Crippen molar-refractivity contribution in [3.05, 3.63) is 42.8 Å². The summed E-state index contributed by atoms with van der Waals surface area (Å²) in [5.41, 5.74) is 1.77. The van der Waals surface area contributed by atoms with Crippen LogP contribution in [0, 0.1) is 7.43 Å². The second kappa shape index (κ2) is 11.5. The summed E-state index contributed by atoms with van der Waals surface area (Å²) in [4.78, 5) is 22.0. The van der Waals surface area contributed by atoms with Gasteiger partial charge in [0.2, 0.25) is 0 Å². The van der Waals surface area contributed by atoms with E-state index in [0.29, 0.717) is 0 Å². The van der Waals surface area contributed by atoms with Crippen LogP contribution in [0.5, 0.6) is 0 Å². The zero-order chi connectivity index (χ0) is 11.3. The quantitative estimate of drug-likeness (QED) is 0.418. The van der Waals surface area contributed by atoms with Gasteiger partial charge < -0.3 is 12.2 Å². The molecule has 0 saturated heterocycles. The summed E-state index contributed by atoms with van der Waals surface area (Å²) in [6.07, 6.45) is 0.393. The molecule has 1 aliphatic heterocycles. The van der Waals surface area contributed by atoms with Gasteiger partial charge in [-0.05, 0) is 11.1 Å². The van der Waals surface area contributed by atoms with E-state index >= 15 is 0 Å². The van der Waals surface area contributed by atoms with E-state index < -0.39 is 11.9 Å². The predicted octanol–water partition coefficient (Wildman–Crippen LogP) is 2.97. The number of ether oxygens (including phenoxy) is 1. The first kappa shape index (κ1) is 22.6. The standard InChI is InChI=1S/C10H8O3.C2H6.CH4.CH3.Y/c11-9-5-7-3-1-2-4-8(7)6-10(12)13-9;1-2;;;/h1-4H,5-6H2;1-2H3;1H4;1H3;/q;;;-1;. The molecule has 0 N–H and O–H groups in total. The molecule has 0 atom stereocenters. The normalized spacial score (nSPS) is 11.9. The van der Waals surface area contributed by atoms with Crippen molar-refractivity contribution >= 4 is 11.9 Å². The summed E-state index contributed by atoms with van der Waals surface area (Å²) in [6, 6.07) is 7.38. The Morgan fingerprint density at radius 3 is 1.61 bits per heavy atom. The van der Waals surface area contributed by atoms with Crippen LogP contribution in [-0.2, 0) is 59.9 Å². The van der Waals surface area contributed by atoms with Gasteiger partial charge in [0.1, 0.15) is 0 Å². The zero-order valence-electron chi connectivity index (χ0n) is 10.5. The molecule has 0 unspecified atom stereocenters. The van der Waals surface area contributed by atoms with E-state index in [1.807, 2.05) is 38.1 Å². The topological polar surface area (TPSA) is 43.4 Å². The van der Waals surface area contributed by atoms with Crippen molar-refractivity contribution in [1.82, 2.24) is 0 Å². The fraction of sp³-hybridized carbons (Fsp3) is 0.357. The Hall–Kier alpha value is -0.536. The molecule has 0 aromatic heterocycles. The second-order valence-corrected chi connectivity index (χ2v) is 2.97. The monoisotopic (exact) mass is 326 g/mol. The van der Waals surface area contributed by atoms with Crippen LogP contribution >= 0.6 is 0 Å². The van der Waals surface area contributed by atoms with Crippen molar-refractivity contribution in [2.45, 2.75) is 34.1 Å². The van der Waals surface area contributed by atoms with E-state index in [0.717, 1.165) is 11.1 Å². The van der Waals surface area contributed by atoms with Gasteiger partial charge in [-0.1, -0.05) is 45.5 Å². The summed E-state index contributed by atoms with van der Waals surface area (Å²) in [5, 5.41) is 0. The summed E-state index contributed by atoms with van der Waals surface area (Å²) >= 11 is 0. The third-order valence-electron chi connectivity index (χ3n) is 2.02. The number of fused-ring (bicyclic) bond motifs is 1. The molecule has 0 bridgehead atoms. The Morgan fingerprint density at radius 1 is 0.944 bits per heavy atom. The first-order valence-corrected chi connectivity index (χ1v) is 5.06. The van der Waals surface area contributed by atoms with E-state index in [9.17, 15) is 9.59 Å². The molecule has 0 aliphatic carbocycles. The number of rotatable bonds is 0. The van der Waals surface area contributed by atoms with Crippen LogP contribution in [0.1, 0.15) is 32.4 Å². The maximum Gasteiger partial charge on any atom is 0.317 e. The molecular weight excluding hydrogens is 305 g/mol. The van der Waals surface area contributed by atoms with E-state index in [1.54, 1.807) is 0 Å². The average Bonchev–Trinajstić information content (AvgIpc) is 2.37. The molecule has 3 nitrogen and oxygen atoms in total. The van der Waals surface area contributed by atoms with E-state index in [-0.39, 0.29) is 60.4 Å². The van der Waals surface area contributed by atoms with Crippen LogP contribution in [0.4, 0.5) is 0 Å². The van der Waals surface area contributed by atoms with E-state index in [4.69, 9.17) is 0 Å². The number of hydrogen-bond donors (Lipinski definition) is 0. The minimum absolute atomic E-state index is 0. The Kier molecular flexibility index (Phi) is 14.5. The first-order valence-electron chi connectivity index (χ1n) is 5.06. The maximum absolute atomic E-state index is 11.0. The molecule has 1 aliphatic rings.